The summed E-state index contributed by atoms with van der Waals surface area (Å²) in [7, 11) is 0. The van der Waals surface area contributed by atoms with Gasteiger partial charge in [-0.2, -0.15) is 5.26 Å². The molecular weight excluding hydrogens is 292 g/mol. The molecule has 2 N–H and O–H groups in total. The molecule has 1 amide bonds. The van der Waals surface area contributed by atoms with Crippen LogP contribution in [-0.4, -0.2) is 56.2 Å². The molecule has 6 heteroatoms. The smallest absolute Gasteiger partial charge is 0.263 e. The van der Waals surface area contributed by atoms with Gasteiger partial charge in [-0.25, -0.2) is 0 Å². The number of carbonyl (C=O) groups is 1. The maximum Gasteiger partial charge on any atom is 0.263 e. The van der Waals surface area contributed by atoms with Crippen molar-refractivity contribution in [3.05, 3.63) is 11.3 Å². The van der Waals surface area contributed by atoms with Crippen LogP contribution in [0.2, 0.25) is 0 Å². The molecule has 1 saturated heterocycles. The van der Waals surface area contributed by atoms with Crippen LogP contribution in [-0.2, 0) is 9.53 Å². The van der Waals surface area contributed by atoms with E-state index in [0.29, 0.717) is 18.3 Å². The number of hydrogen-bond donors (Lipinski definition) is 2. The lowest BCUT2D eigenvalue weighted by Gasteiger charge is -2.26. The Labute approximate surface area is 138 Å². The maximum absolute atomic E-state index is 12.2. The Balaban J connectivity index is 1.79. The van der Waals surface area contributed by atoms with Crippen molar-refractivity contribution in [3.63, 3.8) is 0 Å². The molecule has 0 spiro atoms. The third-order valence-corrected chi connectivity index (χ3v) is 4.56. The second kappa shape index (κ2) is 9.53. The molecule has 1 aliphatic heterocycles. The summed E-state index contributed by atoms with van der Waals surface area (Å²) in [5.74, 6) is -0.276. The fourth-order valence-electron chi connectivity index (χ4n) is 3.17. The molecule has 0 unspecified atom stereocenters. The van der Waals surface area contributed by atoms with Crippen LogP contribution in [0.5, 0.6) is 0 Å². The standard InChI is InChI=1S/C17H28N4O2/c1-14(20-15-5-3-2-4-6-15)16(13-18)17(22)19-7-8-21-9-11-23-12-10-21/h15,20H,2-12H2,1H3,(H,19,22)/b16-14+. The first kappa shape index (κ1) is 17.8. The van der Waals surface area contributed by atoms with E-state index in [1.165, 1.54) is 19.3 Å². The van der Waals surface area contributed by atoms with Crippen LogP contribution >= 0.6 is 0 Å². The highest BCUT2D eigenvalue weighted by molar-refractivity contribution is 5.97. The molecule has 128 valence electrons. The number of amides is 1. The van der Waals surface area contributed by atoms with Gasteiger partial charge in [-0.1, -0.05) is 19.3 Å². The van der Waals surface area contributed by atoms with Crippen LogP contribution in [0.3, 0.4) is 0 Å². The van der Waals surface area contributed by atoms with Crippen molar-refractivity contribution in [2.45, 2.75) is 45.1 Å². The summed E-state index contributed by atoms with van der Waals surface area (Å²) in [6, 6.07) is 2.45. The number of carbonyl (C=O) groups excluding carboxylic acids is 1. The normalized spacial score (nSPS) is 21.2. The van der Waals surface area contributed by atoms with Gasteiger partial charge in [-0.3, -0.25) is 9.69 Å². The molecule has 2 fully saturated rings. The zero-order valence-corrected chi connectivity index (χ0v) is 14.1. The molecule has 0 atom stereocenters. The lowest BCUT2D eigenvalue weighted by molar-refractivity contribution is -0.117. The van der Waals surface area contributed by atoms with Gasteiger partial charge in [0.15, 0.2) is 0 Å². The van der Waals surface area contributed by atoms with Gasteiger partial charge in [0.1, 0.15) is 11.6 Å². The predicted molar refractivity (Wildman–Crippen MR) is 88.6 cm³/mol. The monoisotopic (exact) mass is 320 g/mol. The Hall–Kier alpha value is -1.58. The van der Waals surface area contributed by atoms with E-state index in [0.717, 1.165) is 45.7 Å². The minimum Gasteiger partial charge on any atom is -0.385 e. The first-order valence-electron chi connectivity index (χ1n) is 8.66. The van der Waals surface area contributed by atoms with E-state index in [9.17, 15) is 10.1 Å². The van der Waals surface area contributed by atoms with Gasteiger partial charge >= 0.3 is 0 Å². The molecule has 0 aromatic rings. The van der Waals surface area contributed by atoms with Crippen molar-refractivity contribution in [1.82, 2.24) is 15.5 Å². The van der Waals surface area contributed by atoms with Crippen LogP contribution in [0.4, 0.5) is 0 Å². The molecule has 0 bridgehead atoms. The van der Waals surface area contributed by atoms with Gasteiger partial charge in [0.2, 0.25) is 0 Å². The number of nitriles is 1. The van der Waals surface area contributed by atoms with E-state index < -0.39 is 0 Å². The molecule has 1 aliphatic carbocycles. The van der Waals surface area contributed by atoms with Gasteiger partial charge in [0.05, 0.1) is 13.2 Å². The third-order valence-electron chi connectivity index (χ3n) is 4.56. The van der Waals surface area contributed by atoms with Crippen molar-refractivity contribution < 1.29 is 9.53 Å². The Kier molecular flexibility index (Phi) is 7.37. The van der Waals surface area contributed by atoms with Crippen molar-refractivity contribution in [2.75, 3.05) is 39.4 Å². The minimum atomic E-state index is -0.276. The van der Waals surface area contributed by atoms with Crippen molar-refractivity contribution in [1.29, 1.82) is 5.26 Å². The van der Waals surface area contributed by atoms with Crippen molar-refractivity contribution >= 4 is 5.91 Å². The highest BCUT2D eigenvalue weighted by Crippen LogP contribution is 2.18. The average Bonchev–Trinajstić information content (AvgIpc) is 2.57. The molecular formula is C17H28N4O2. The number of ether oxygens (including phenoxy) is 1. The lowest BCUT2D eigenvalue weighted by Crippen LogP contribution is -2.41. The second-order valence-electron chi connectivity index (χ2n) is 6.30. The van der Waals surface area contributed by atoms with Crippen LogP contribution in [0.25, 0.3) is 0 Å². The van der Waals surface area contributed by atoms with Crippen molar-refractivity contribution in [2.24, 2.45) is 0 Å². The van der Waals surface area contributed by atoms with Gasteiger partial charge in [-0.15, -0.1) is 0 Å². The zero-order chi connectivity index (χ0) is 16.5. The summed E-state index contributed by atoms with van der Waals surface area (Å²) in [5, 5.41) is 15.5. The molecule has 2 aliphatic rings. The fraction of sp³-hybridized carbons (Fsp3) is 0.765. The highest BCUT2D eigenvalue weighted by atomic mass is 16.5. The number of nitrogens with one attached hydrogen (secondary N) is 2. The molecule has 2 rings (SSSR count). The molecule has 0 aromatic carbocycles. The fourth-order valence-corrected chi connectivity index (χ4v) is 3.17. The van der Waals surface area contributed by atoms with Crippen LogP contribution in [0, 0.1) is 11.3 Å². The highest BCUT2D eigenvalue weighted by Gasteiger charge is 2.18. The summed E-state index contributed by atoms with van der Waals surface area (Å²) in [4.78, 5) is 14.5. The quantitative estimate of drug-likeness (QED) is 0.567. The van der Waals surface area contributed by atoms with Gasteiger partial charge < -0.3 is 15.4 Å². The van der Waals surface area contributed by atoms with E-state index in [1.807, 2.05) is 6.92 Å². The van der Waals surface area contributed by atoms with E-state index in [1.54, 1.807) is 0 Å². The lowest BCUT2D eigenvalue weighted by atomic mass is 9.95. The van der Waals surface area contributed by atoms with Crippen LogP contribution in [0.15, 0.2) is 11.3 Å². The zero-order valence-electron chi connectivity index (χ0n) is 14.1. The van der Waals surface area contributed by atoms with E-state index >= 15 is 0 Å². The second-order valence-corrected chi connectivity index (χ2v) is 6.30. The van der Waals surface area contributed by atoms with Crippen LogP contribution in [0.1, 0.15) is 39.0 Å². The Morgan fingerprint density at radius 1 is 1.26 bits per heavy atom. The molecule has 1 saturated carbocycles. The minimum absolute atomic E-state index is 0.206. The summed E-state index contributed by atoms with van der Waals surface area (Å²) in [6.07, 6.45) is 5.97. The summed E-state index contributed by atoms with van der Waals surface area (Å²) < 4.78 is 5.30. The Morgan fingerprint density at radius 3 is 2.61 bits per heavy atom. The topological polar surface area (TPSA) is 77.4 Å². The molecule has 6 nitrogen and oxygen atoms in total. The Morgan fingerprint density at radius 2 is 1.96 bits per heavy atom. The number of nitrogens with zero attached hydrogens (tertiary/aromatic N) is 2. The van der Waals surface area contributed by atoms with Crippen LogP contribution < -0.4 is 10.6 Å². The molecule has 1 heterocycles. The largest absolute Gasteiger partial charge is 0.385 e. The predicted octanol–water partition coefficient (Wildman–Crippen LogP) is 1.15. The first-order chi connectivity index (χ1) is 11.2. The molecule has 0 radical (unpaired) electrons. The summed E-state index contributed by atoms with van der Waals surface area (Å²) in [5.41, 5.74) is 0.904. The summed E-state index contributed by atoms with van der Waals surface area (Å²) >= 11 is 0. The Bertz CT molecular complexity index is 458. The maximum atomic E-state index is 12.2. The first-order valence-corrected chi connectivity index (χ1v) is 8.66. The van der Waals surface area contributed by atoms with E-state index in [4.69, 9.17) is 4.74 Å². The number of rotatable bonds is 6. The number of morpholine rings is 1. The third kappa shape index (κ3) is 5.85. The van der Waals surface area contributed by atoms with E-state index in [-0.39, 0.29) is 11.5 Å². The number of hydrogen-bond acceptors (Lipinski definition) is 5. The average molecular weight is 320 g/mol. The number of allylic oxidation sites excluding steroid dienone is 1. The van der Waals surface area contributed by atoms with E-state index in [2.05, 4.69) is 21.6 Å². The summed E-state index contributed by atoms with van der Waals surface area (Å²) in [6.45, 7) is 6.49. The van der Waals surface area contributed by atoms with Crippen molar-refractivity contribution in [3.8, 4) is 6.07 Å². The van der Waals surface area contributed by atoms with Gasteiger partial charge in [0.25, 0.3) is 5.91 Å². The molecule has 23 heavy (non-hydrogen) atoms. The molecule has 0 aromatic heterocycles. The van der Waals surface area contributed by atoms with Gasteiger partial charge in [0, 0.05) is 37.9 Å². The van der Waals surface area contributed by atoms with Gasteiger partial charge in [-0.05, 0) is 19.8 Å². The SMILES string of the molecule is C/C(NC1CCCCC1)=C(/C#N)C(=O)NCCN1CCOCC1.